The van der Waals surface area contributed by atoms with Crippen LogP contribution in [0.25, 0.3) is 11.0 Å². The van der Waals surface area contributed by atoms with Crippen LogP contribution in [-0.4, -0.2) is 47.7 Å². The summed E-state index contributed by atoms with van der Waals surface area (Å²) in [5.41, 5.74) is 1.94. The van der Waals surface area contributed by atoms with Gasteiger partial charge < -0.3 is 10.2 Å². The molecule has 2 aliphatic heterocycles. The van der Waals surface area contributed by atoms with Gasteiger partial charge in [-0.05, 0) is 56.5 Å². The van der Waals surface area contributed by atoms with E-state index in [4.69, 9.17) is 0 Å². The second-order valence-electron chi connectivity index (χ2n) is 7.85. The first-order valence-corrected chi connectivity index (χ1v) is 9.97. The van der Waals surface area contributed by atoms with E-state index in [1.807, 2.05) is 18.2 Å². The minimum absolute atomic E-state index is 0.283. The average Bonchev–Trinajstić information content (AvgIpc) is 2.93. The lowest BCUT2D eigenvalue weighted by Crippen LogP contribution is -2.52. The summed E-state index contributed by atoms with van der Waals surface area (Å²) in [6.45, 7) is 3.09. The fraction of sp³-hybridized carbons (Fsp3) is 0.550. The standard InChI is InChI=1S/C20H27N5O3/c1-22(13-14-8-10-21-11-9-14)15-6-7-16-17(12-15)23(2)20(28)24(16)25-18(26)4-3-5-19(25)27/h6-7,12,14,21H,3-5,8-11,13H2,1-2H3. The molecule has 1 aromatic carbocycles. The van der Waals surface area contributed by atoms with Gasteiger partial charge in [0.25, 0.3) is 0 Å². The van der Waals surface area contributed by atoms with Crippen LogP contribution in [0.1, 0.15) is 32.1 Å². The van der Waals surface area contributed by atoms with Crippen LogP contribution in [0.3, 0.4) is 0 Å². The molecular formula is C20H27N5O3. The van der Waals surface area contributed by atoms with E-state index >= 15 is 0 Å². The molecule has 0 spiro atoms. The van der Waals surface area contributed by atoms with Gasteiger partial charge in [0, 0.05) is 39.2 Å². The molecule has 3 heterocycles. The number of carbonyl (C=O) groups is 2. The Balaban J connectivity index is 1.69. The number of hydrogen-bond donors (Lipinski definition) is 1. The second kappa shape index (κ2) is 7.43. The van der Waals surface area contributed by atoms with Crippen molar-refractivity contribution < 1.29 is 9.59 Å². The summed E-state index contributed by atoms with van der Waals surface area (Å²) in [6, 6.07) is 5.76. The molecule has 2 aromatic rings. The Morgan fingerprint density at radius 2 is 1.75 bits per heavy atom. The maximum Gasteiger partial charge on any atom is 0.348 e. The molecule has 2 fully saturated rings. The van der Waals surface area contributed by atoms with Gasteiger partial charge in [-0.15, -0.1) is 0 Å². The van der Waals surface area contributed by atoms with Crippen LogP contribution < -0.4 is 20.9 Å². The first-order valence-electron chi connectivity index (χ1n) is 9.97. The molecule has 0 bridgehead atoms. The highest BCUT2D eigenvalue weighted by molar-refractivity contribution is 6.11. The number of piperidine rings is 2. The third-order valence-corrected chi connectivity index (χ3v) is 5.90. The van der Waals surface area contributed by atoms with Crippen LogP contribution in [0.2, 0.25) is 0 Å². The maximum atomic E-state index is 12.8. The van der Waals surface area contributed by atoms with Crippen LogP contribution in [0.5, 0.6) is 0 Å². The van der Waals surface area contributed by atoms with Crippen molar-refractivity contribution in [2.45, 2.75) is 32.1 Å². The minimum Gasteiger partial charge on any atom is -0.374 e. The molecule has 0 saturated carbocycles. The maximum absolute atomic E-state index is 12.8. The molecule has 1 N–H and O–H groups in total. The number of imidazole rings is 1. The lowest BCUT2D eigenvalue weighted by Gasteiger charge is -2.29. The zero-order valence-corrected chi connectivity index (χ0v) is 16.5. The molecular weight excluding hydrogens is 358 g/mol. The number of rotatable bonds is 4. The molecule has 0 atom stereocenters. The molecule has 8 heteroatoms. The van der Waals surface area contributed by atoms with Gasteiger partial charge in [-0.25, -0.2) is 4.79 Å². The van der Waals surface area contributed by atoms with Crippen molar-refractivity contribution in [1.82, 2.24) is 14.6 Å². The lowest BCUT2D eigenvalue weighted by atomic mass is 9.97. The van der Waals surface area contributed by atoms with E-state index in [0.29, 0.717) is 23.4 Å². The average molecular weight is 385 g/mol. The van der Waals surface area contributed by atoms with E-state index in [-0.39, 0.29) is 30.3 Å². The predicted octanol–water partition coefficient (Wildman–Crippen LogP) is 0.951. The van der Waals surface area contributed by atoms with Crippen molar-refractivity contribution in [1.29, 1.82) is 0 Å². The Labute approximate surface area is 163 Å². The largest absolute Gasteiger partial charge is 0.374 e. The van der Waals surface area contributed by atoms with E-state index in [1.54, 1.807) is 7.05 Å². The molecule has 0 unspecified atom stereocenters. The molecule has 2 saturated heterocycles. The molecule has 28 heavy (non-hydrogen) atoms. The number of amides is 2. The normalized spacial score (nSPS) is 18.9. The summed E-state index contributed by atoms with van der Waals surface area (Å²) in [5, 5.41) is 4.41. The smallest absolute Gasteiger partial charge is 0.348 e. The van der Waals surface area contributed by atoms with Crippen molar-refractivity contribution in [2.24, 2.45) is 13.0 Å². The third-order valence-electron chi connectivity index (χ3n) is 5.90. The van der Waals surface area contributed by atoms with Crippen LogP contribution in [0, 0.1) is 5.92 Å². The molecule has 4 rings (SSSR count). The summed E-state index contributed by atoms with van der Waals surface area (Å²) in [6.07, 6.45) is 3.44. The quantitative estimate of drug-likeness (QED) is 0.793. The third kappa shape index (κ3) is 3.22. The van der Waals surface area contributed by atoms with E-state index in [9.17, 15) is 14.4 Å². The first kappa shape index (κ1) is 18.7. The number of carbonyl (C=O) groups excluding carboxylic acids is 2. The summed E-state index contributed by atoms with van der Waals surface area (Å²) in [4.78, 5) is 39.7. The summed E-state index contributed by atoms with van der Waals surface area (Å²) in [5.74, 6) is 0.00913. The van der Waals surface area contributed by atoms with E-state index in [1.165, 1.54) is 22.1 Å². The van der Waals surface area contributed by atoms with E-state index in [0.717, 1.165) is 30.3 Å². The second-order valence-corrected chi connectivity index (χ2v) is 7.85. The number of aromatic nitrogens is 2. The topological polar surface area (TPSA) is 79.6 Å². The molecule has 0 aliphatic carbocycles. The molecule has 0 radical (unpaired) electrons. The first-order chi connectivity index (χ1) is 13.5. The molecule has 1 aromatic heterocycles. The minimum atomic E-state index is -0.378. The molecule has 2 amide bonds. The predicted molar refractivity (Wildman–Crippen MR) is 108 cm³/mol. The van der Waals surface area contributed by atoms with Gasteiger partial charge in [-0.2, -0.15) is 9.69 Å². The van der Waals surface area contributed by atoms with Crippen LogP contribution in [-0.2, 0) is 16.6 Å². The Hall–Kier alpha value is -2.61. The van der Waals surface area contributed by atoms with Gasteiger partial charge >= 0.3 is 5.69 Å². The van der Waals surface area contributed by atoms with Crippen molar-refractivity contribution in [3.63, 3.8) is 0 Å². The van der Waals surface area contributed by atoms with Crippen LogP contribution >= 0.6 is 0 Å². The highest BCUT2D eigenvalue weighted by Gasteiger charge is 2.31. The number of benzene rings is 1. The lowest BCUT2D eigenvalue weighted by molar-refractivity contribution is -0.131. The van der Waals surface area contributed by atoms with Crippen molar-refractivity contribution in [3.05, 3.63) is 28.7 Å². The summed E-state index contributed by atoms with van der Waals surface area (Å²) in [7, 11) is 3.74. The fourth-order valence-electron chi connectivity index (χ4n) is 4.26. The van der Waals surface area contributed by atoms with E-state index < -0.39 is 0 Å². The van der Waals surface area contributed by atoms with Crippen molar-refractivity contribution >= 4 is 28.5 Å². The SMILES string of the molecule is CN(CC1CCNCC1)c1ccc2c(c1)n(C)c(=O)n2N1C(=O)CCCC1=O. The number of hydrogen-bond acceptors (Lipinski definition) is 5. The number of imide groups is 1. The van der Waals surface area contributed by atoms with Crippen molar-refractivity contribution in [2.75, 3.05) is 36.6 Å². The summed E-state index contributed by atoms with van der Waals surface area (Å²) < 4.78 is 2.74. The van der Waals surface area contributed by atoms with Gasteiger partial charge in [0.2, 0.25) is 11.8 Å². The van der Waals surface area contributed by atoms with Crippen molar-refractivity contribution in [3.8, 4) is 0 Å². The van der Waals surface area contributed by atoms with Crippen LogP contribution in [0.4, 0.5) is 5.69 Å². The molecule has 150 valence electrons. The number of fused-ring (bicyclic) bond motifs is 1. The summed E-state index contributed by atoms with van der Waals surface area (Å²) >= 11 is 0. The van der Waals surface area contributed by atoms with Gasteiger partial charge in [0.1, 0.15) is 0 Å². The highest BCUT2D eigenvalue weighted by atomic mass is 16.2. The zero-order chi connectivity index (χ0) is 19.8. The zero-order valence-electron chi connectivity index (χ0n) is 16.5. The Morgan fingerprint density at radius 3 is 2.43 bits per heavy atom. The number of anilines is 1. The Bertz CT molecular complexity index is 954. The Kier molecular flexibility index (Phi) is 4.97. The number of nitrogens with one attached hydrogen (secondary N) is 1. The monoisotopic (exact) mass is 385 g/mol. The number of nitrogens with zero attached hydrogens (tertiary/aromatic N) is 4. The van der Waals surface area contributed by atoms with Crippen LogP contribution in [0.15, 0.2) is 23.0 Å². The molecule has 2 aliphatic rings. The van der Waals surface area contributed by atoms with E-state index in [2.05, 4.69) is 17.3 Å². The van der Waals surface area contributed by atoms with Gasteiger partial charge in [0.05, 0.1) is 11.0 Å². The Morgan fingerprint density at radius 1 is 1.07 bits per heavy atom. The van der Waals surface area contributed by atoms with Gasteiger partial charge in [0.15, 0.2) is 0 Å². The highest BCUT2D eigenvalue weighted by Crippen LogP contribution is 2.24. The van der Waals surface area contributed by atoms with Gasteiger partial charge in [-0.1, -0.05) is 0 Å². The molecule has 8 nitrogen and oxygen atoms in total. The van der Waals surface area contributed by atoms with Gasteiger partial charge in [-0.3, -0.25) is 14.2 Å². The fourth-order valence-corrected chi connectivity index (χ4v) is 4.26. The number of aryl methyl sites for hydroxylation is 1.